The van der Waals surface area contributed by atoms with E-state index in [1.165, 1.54) is 24.3 Å². The van der Waals surface area contributed by atoms with Crippen molar-refractivity contribution in [2.45, 2.75) is 77.7 Å². The van der Waals surface area contributed by atoms with Gasteiger partial charge in [-0.1, -0.05) is 18.2 Å². The number of carbonyl (C=O) groups is 2. The van der Waals surface area contributed by atoms with Crippen LogP contribution in [0.1, 0.15) is 63.0 Å². The summed E-state index contributed by atoms with van der Waals surface area (Å²) in [5.41, 5.74) is -0.547. The SMILES string of the molecule is CC(C)(C)NC(=O)c1ccc(F)cc1C[C@H](O)[C@@H](Cc1ccccc1F)NC(=O)OC(C)(C)C. The number of rotatable bonds is 7. The van der Waals surface area contributed by atoms with Crippen LogP contribution in [0.2, 0.25) is 0 Å². The molecule has 0 radical (unpaired) electrons. The van der Waals surface area contributed by atoms with Gasteiger partial charge in [0.05, 0.1) is 12.1 Å². The number of nitrogens with one attached hydrogen (secondary N) is 2. The third-order valence-corrected chi connectivity index (χ3v) is 4.79. The Bertz CT molecular complexity index is 1010. The lowest BCUT2D eigenvalue weighted by Crippen LogP contribution is -2.48. The van der Waals surface area contributed by atoms with E-state index in [9.17, 15) is 23.5 Å². The van der Waals surface area contributed by atoms with Crippen LogP contribution in [0.4, 0.5) is 13.6 Å². The highest BCUT2D eigenvalue weighted by molar-refractivity contribution is 5.96. The molecule has 0 bridgehead atoms. The fourth-order valence-electron chi connectivity index (χ4n) is 3.37. The zero-order valence-electron chi connectivity index (χ0n) is 20.5. The maximum atomic E-state index is 14.3. The number of aliphatic hydroxyl groups excluding tert-OH is 1. The first-order chi connectivity index (χ1) is 15.6. The summed E-state index contributed by atoms with van der Waals surface area (Å²) in [6.07, 6.45) is -2.24. The molecular formula is C26H34F2N2O4. The van der Waals surface area contributed by atoms with Crippen LogP contribution < -0.4 is 10.6 Å². The minimum atomic E-state index is -1.27. The predicted octanol–water partition coefficient (Wildman–Crippen LogP) is 4.53. The van der Waals surface area contributed by atoms with Crippen LogP contribution in [0, 0.1) is 11.6 Å². The Labute approximate surface area is 199 Å². The largest absolute Gasteiger partial charge is 0.444 e. The van der Waals surface area contributed by atoms with Crippen molar-refractivity contribution in [1.29, 1.82) is 0 Å². The van der Waals surface area contributed by atoms with Crippen molar-refractivity contribution in [2.75, 3.05) is 0 Å². The molecule has 0 fully saturated rings. The number of halogens is 2. The third-order valence-electron chi connectivity index (χ3n) is 4.79. The Morgan fingerprint density at radius 3 is 2.21 bits per heavy atom. The number of ether oxygens (including phenoxy) is 1. The molecular weight excluding hydrogens is 442 g/mol. The molecule has 0 heterocycles. The van der Waals surface area contributed by atoms with Crippen LogP contribution in [-0.2, 0) is 17.6 Å². The summed E-state index contributed by atoms with van der Waals surface area (Å²) in [6, 6.07) is 8.76. The van der Waals surface area contributed by atoms with E-state index in [0.29, 0.717) is 0 Å². The molecule has 0 saturated carbocycles. The summed E-state index contributed by atoms with van der Waals surface area (Å²) >= 11 is 0. The molecule has 0 aliphatic rings. The molecule has 0 spiro atoms. The van der Waals surface area contributed by atoms with Crippen LogP contribution in [-0.4, -0.2) is 40.4 Å². The molecule has 6 nitrogen and oxygen atoms in total. The maximum Gasteiger partial charge on any atom is 0.407 e. The predicted molar refractivity (Wildman–Crippen MR) is 127 cm³/mol. The van der Waals surface area contributed by atoms with Gasteiger partial charge in [-0.25, -0.2) is 13.6 Å². The highest BCUT2D eigenvalue weighted by Crippen LogP contribution is 2.19. The molecule has 186 valence electrons. The fraction of sp³-hybridized carbons (Fsp3) is 0.462. The van der Waals surface area contributed by atoms with E-state index in [2.05, 4.69) is 10.6 Å². The lowest BCUT2D eigenvalue weighted by atomic mass is 9.93. The van der Waals surface area contributed by atoms with E-state index in [-0.39, 0.29) is 29.5 Å². The van der Waals surface area contributed by atoms with Gasteiger partial charge in [0.1, 0.15) is 17.2 Å². The first-order valence-electron chi connectivity index (χ1n) is 11.2. The van der Waals surface area contributed by atoms with Gasteiger partial charge in [0.2, 0.25) is 0 Å². The van der Waals surface area contributed by atoms with Crippen LogP contribution in [0.5, 0.6) is 0 Å². The summed E-state index contributed by atoms with van der Waals surface area (Å²) in [5.74, 6) is -1.47. The van der Waals surface area contributed by atoms with Crippen LogP contribution >= 0.6 is 0 Å². The molecule has 8 heteroatoms. The van der Waals surface area contributed by atoms with E-state index in [4.69, 9.17) is 4.74 Å². The Hall–Kier alpha value is -3.00. The van der Waals surface area contributed by atoms with Crippen LogP contribution in [0.15, 0.2) is 42.5 Å². The molecule has 0 unspecified atom stereocenters. The van der Waals surface area contributed by atoms with Crippen LogP contribution in [0.3, 0.4) is 0 Å². The van der Waals surface area contributed by atoms with Crippen molar-refractivity contribution in [2.24, 2.45) is 0 Å². The molecule has 3 N–H and O–H groups in total. The first-order valence-corrected chi connectivity index (χ1v) is 11.2. The average Bonchev–Trinajstić information content (AvgIpc) is 2.66. The lowest BCUT2D eigenvalue weighted by molar-refractivity contribution is 0.0421. The maximum absolute atomic E-state index is 14.3. The second kappa shape index (κ2) is 11.0. The van der Waals surface area contributed by atoms with Gasteiger partial charge in [0.25, 0.3) is 5.91 Å². The summed E-state index contributed by atoms with van der Waals surface area (Å²) < 4.78 is 33.6. The van der Waals surface area contributed by atoms with Gasteiger partial charge in [-0.05, 0) is 83.4 Å². The molecule has 0 aliphatic carbocycles. The second-order valence-electron chi connectivity index (χ2n) is 10.3. The van der Waals surface area contributed by atoms with E-state index >= 15 is 0 Å². The molecule has 0 aromatic heterocycles. The standard InChI is InChI=1S/C26H34F2N2O4/c1-25(2,3)30-23(32)19-12-11-18(27)13-17(19)15-22(31)21(29-24(33)34-26(4,5)6)14-16-9-7-8-10-20(16)28/h7-13,21-22,31H,14-15H2,1-6H3,(H,29,33)(H,30,32)/t21-,22+/m1/s1. The van der Waals surface area contributed by atoms with Gasteiger partial charge in [-0.15, -0.1) is 0 Å². The molecule has 0 saturated heterocycles. The quantitative estimate of drug-likeness (QED) is 0.548. The number of hydrogen-bond donors (Lipinski definition) is 3. The van der Waals surface area contributed by atoms with Crippen molar-refractivity contribution in [3.63, 3.8) is 0 Å². The Morgan fingerprint density at radius 2 is 1.62 bits per heavy atom. The van der Waals surface area contributed by atoms with E-state index in [1.807, 2.05) is 20.8 Å². The Morgan fingerprint density at radius 1 is 0.971 bits per heavy atom. The lowest BCUT2D eigenvalue weighted by Gasteiger charge is -2.28. The van der Waals surface area contributed by atoms with Gasteiger partial charge in [-0.2, -0.15) is 0 Å². The van der Waals surface area contributed by atoms with E-state index in [0.717, 1.165) is 0 Å². The Balaban J connectivity index is 2.33. The van der Waals surface area contributed by atoms with Crippen LogP contribution in [0.25, 0.3) is 0 Å². The first kappa shape index (κ1) is 27.2. The molecule has 2 aromatic rings. The van der Waals surface area contributed by atoms with Gasteiger partial charge in [0.15, 0.2) is 0 Å². The molecule has 0 aliphatic heterocycles. The third kappa shape index (κ3) is 8.74. The normalized spacial score (nSPS) is 13.7. The van der Waals surface area contributed by atoms with Crippen molar-refractivity contribution in [3.8, 4) is 0 Å². The zero-order chi connectivity index (χ0) is 25.7. The number of benzene rings is 2. The number of alkyl carbamates (subject to hydrolysis) is 1. The minimum Gasteiger partial charge on any atom is -0.444 e. The monoisotopic (exact) mass is 476 g/mol. The van der Waals surface area contributed by atoms with Gasteiger partial charge in [-0.3, -0.25) is 4.79 Å². The molecule has 2 atom stereocenters. The minimum absolute atomic E-state index is 0.0358. The summed E-state index contributed by atoms with van der Waals surface area (Å²) in [4.78, 5) is 25.2. The summed E-state index contributed by atoms with van der Waals surface area (Å²) in [6.45, 7) is 10.5. The average molecular weight is 477 g/mol. The molecule has 2 aromatic carbocycles. The van der Waals surface area contributed by atoms with Gasteiger partial charge < -0.3 is 20.5 Å². The summed E-state index contributed by atoms with van der Waals surface area (Å²) in [7, 11) is 0. The molecule has 2 rings (SSSR count). The highest BCUT2D eigenvalue weighted by Gasteiger charge is 2.28. The smallest absolute Gasteiger partial charge is 0.407 e. The Kier molecular flexibility index (Phi) is 8.78. The summed E-state index contributed by atoms with van der Waals surface area (Å²) in [5, 5.41) is 16.5. The molecule has 34 heavy (non-hydrogen) atoms. The highest BCUT2D eigenvalue weighted by atomic mass is 19.1. The van der Waals surface area contributed by atoms with Crippen molar-refractivity contribution in [1.82, 2.24) is 10.6 Å². The zero-order valence-corrected chi connectivity index (χ0v) is 20.5. The van der Waals surface area contributed by atoms with E-state index in [1.54, 1.807) is 39.0 Å². The fourth-order valence-corrected chi connectivity index (χ4v) is 3.37. The van der Waals surface area contributed by atoms with Gasteiger partial charge >= 0.3 is 6.09 Å². The number of aliphatic hydroxyl groups is 1. The number of amides is 2. The van der Waals surface area contributed by atoms with Crippen molar-refractivity contribution >= 4 is 12.0 Å². The molecule has 2 amide bonds. The van der Waals surface area contributed by atoms with Crippen molar-refractivity contribution < 1.29 is 28.2 Å². The number of hydrogen-bond acceptors (Lipinski definition) is 4. The van der Waals surface area contributed by atoms with E-state index < -0.39 is 46.9 Å². The second-order valence-corrected chi connectivity index (χ2v) is 10.3. The van der Waals surface area contributed by atoms with Crippen molar-refractivity contribution in [3.05, 3.63) is 70.8 Å². The number of carbonyl (C=O) groups excluding carboxylic acids is 2. The van der Waals surface area contributed by atoms with Gasteiger partial charge in [0, 0.05) is 17.5 Å². The topological polar surface area (TPSA) is 87.7 Å².